The minimum absolute atomic E-state index is 0.0754. The predicted octanol–water partition coefficient (Wildman–Crippen LogP) is 28.6. The Bertz CT molecular complexity index is 6910. The molecule has 2 aliphatic heterocycles. The highest BCUT2D eigenvalue weighted by atomic mass is 15.2. The molecule has 5 nitrogen and oxygen atoms in total. The molecular weight excluding hydrogens is 1430 g/mol. The topological polar surface area (TPSA) is 20.8 Å². The van der Waals surface area contributed by atoms with Crippen LogP contribution in [0.4, 0.5) is 34.1 Å². The maximum Gasteiger partial charge on any atom is 0.252 e. The van der Waals surface area contributed by atoms with Crippen molar-refractivity contribution in [2.45, 2.75) is 105 Å². The van der Waals surface area contributed by atoms with Gasteiger partial charge in [-0.25, -0.2) is 0 Å². The van der Waals surface area contributed by atoms with E-state index in [1.165, 1.54) is 120 Å². The molecule has 6 heterocycles. The van der Waals surface area contributed by atoms with E-state index in [1.54, 1.807) is 0 Å². The highest BCUT2D eigenvalue weighted by Gasteiger charge is 2.46. The number of anilines is 6. The fourth-order valence-corrected chi connectivity index (χ4v) is 19.9. The average Bonchev–Trinajstić information content (AvgIpc) is 1.10. The highest BCUT2D eigenvalue weighted by Crippen LogP contribution is 2.56. The molecule has 0 aliphatic carbocycles. The molecule has 22 rings (SSSR count). The summed E-state index contributed by atoms with van der Waals surface area (Å²) in [5.74, 6) is 0. The molecule has 568 valence electrons. The van der Waals surface area contributed by atoms with E-state index in [9.17, 15) is 0 Å². The molecule has 0 atom stereocenters. The summed E-state index contributed by atoms with van der Waals surface area (Å²) in [6.45, 7) is 27.8. The SMILES string of the molecule is CC(C)(C)c1ccc2c(c1)c1cc(C(C)(C)C)ccc1n2-c1ccc2c(c1)N(c1c(-c3ccccc3)cccc1-c1ccccc1)c1cc(-c3ccc4c(c3)c3cccc5c6ccccc6n4c53)cc3c1B2c1ccc(-n2c4ccc(C(C)(C)C)cc4c4cc(C(C)(C)C)ccc42)cc1N3c1c(-c2ccccc2)cccc1-c1ccccc1. The second-order valence-electron chi connectivity index (χ2n) is 37.3. The van der Waals surface area contributed by atoms with Crippen LogP contribution < -0.4 is 26.2 Å². The van der Waals surface area contributed by atoms with Crippen LogP contribution in [0.3, 0.4) is 0 Å². The normalized spacial score (nSPS) is 13.2. The second kappa shape index (κ2) is 26.0. The van der Waals surface area contributed by atoms with Crippen molar-refractivity contribution >= 4 is 139 Å². The molecule has 0 fully saturated rings. The number of rotatable bonds is 9. The molecule has 6 heteroatoms. The van der Waals surface area contributed by atoms with Crippen LogP contribution in [0.2, 0.25) is 0 Å². The van der Waals surface area contributed by atoms with Gasteiger partial charge in [0.2, 0.25) is 0 Å². The van der Waals surface area contributed by atoms with E-state index in [2.05, 4.69) is 446 Å². The van der Waals surface area contributed by atoms with Crippen molar-refractivity contribution in [3.63, 3.8) is 0 Å². The molecule has 0 radical (unpaired) electrons. The molecule has 4 aromatic heterocycles. The maximum atomic E-state index is 2.73. The van der Waals surface area contributed by atoms with Crippen LogP contribution >= 0.6 is 0 Å². The van der Waals surface area contributed by atoms with Gasteiger partial charge < -0.3 is 23.3 Å². The fraction of sp³-hybridized carbons (Fsp3) is 0.143. The third-order valence-electron chi connectivity index (χ3n) is 26.0. The van der Waals surface area contributed by atoms with Gasteiger partial charge in [0, 0.05) is 99.5 Å². The third-order valence-corrected chi connectivity index (χ3v) is 26.0. The summed E-state index contributed by atoms with van der Waals surface area (Å²) in [5.41, 5.74) is 37.1. The summed E-state index contributed by atoms with van der Waals surface area (Å²) >= 11 is 0. The van der Waals surface area contributed by atoms with Gasteiger partial charge in [0.25, 0.3) is 6.71 Å². The Kier molecular flexibility index (Phi) is 15.7. The maximum absolute atomic E-state index is 2.73. The van der Waals surface area contributed by atoms with Crippen molar-refractivity contribution < 1.29 is 0 Å². The summed E-state index contributed by atoms with van der Waals surface area (Å²) in [5, 5.41) is 10.0. The molecule has 2 aliphatic rings. The lowest BCUT2D eigenvalue weighted by Crippen LogP contribution is -2.61. The zero-order valence-corrected chi connectivity index (χ0v) is 69.1. The molecule has 0 saturated heterocycles. The lowest BCUT2D eigenvalue weighted by Gasteiger charge is -2.46. The van der Waals surface area contributed by atoms with Gasteiger partial charge in [-0.2, -0.15) is 0 Å². The van der Waals surface area contributed by atoms with Crippen molar-refractivity contribution in [1.29, 1.82) is 0 Å². The van der Waals surface area contributed by atoms with E-state index < -0.39 is 0 Å². The van der Waals surface area contributed by atoms with E-state index in [0.29, 0.717) is 0 Å². The number of hydrogen-bond acceptors (Lipinski definition) is 2. The number of fused-ring (bicyclic) bond motifs is 16. The molecule has 0 unspecified atom stereocenters. The highest BCUT2D eigenvalue weighted by molar-refractivity contribution is 7.00. The molecule has 0 spiro atoms. The Morgan fingerprint density at radius 2 is 0.542 bits per heavy atom. The molecular formula is C112H92BN5. The van der Waals surface area contributed by atoms with Gasteiger partial charge in [0.05, 0.1) is 50.0 Å². The summed E-state index contributed by atoms with van der Waals surface area (Å²) in [6.07, 6.45) is 0. The zero-order valence-electron chi connectivity index (χ0n) is 69.1. The first kappa shape index (κ1) is 71.2. The van der Waals surface area contributed by atoms with Gasteiger partial charge in [0.15, 0.2) is 0 Å². The quantitative estimate of drug-likeness (QED) is 0.134. The Morgan fingerprint density at radius 3 is 0.924 bits per heavy atom. The molecule has 0 saturated carbocycles. The smallest absolute Gasteiger partial charge is 0.252 e. The molecule has 0 bridgehead atoms. The first-order valence-electron chi connectivity index (χ1n) is 42.0. The van der Waals surface area contributed by atoms with E-state index in [0.717, 1.165) is 101 Å². The molecule has 16 aromatic carbocycles. The summed E-state index contributed by atoms with van der Waals surface area (Å²) < 4.78 is 7.65. The molecule has 0 amide bonds. The van der Waals surface area contributed by atoms with E-state index in [-0.39, 0.29) is 28.4 Å². The van der Waals surface area contributed by atoms with Crippen LogP contribution in [0, 0.1) is 0 Å². The first-order chi connectivity index (χ1) is 57.1. The van der Waals surface area contributed by atoms with Gasteiger partial charge in [-0.15, -0.1) is 0 Å². The monoisotopic (exact) mass is 1520 g/mol. The fourth-order valence-electron chi connectivity index (χ4n) is 19.9. The lowest BCUT2D eigenvalue weighted by molar-refractivity contribution is 0.590. The number of benzene rings is 16. The van der Waals surface area contributed by atoms with Crippen LogP contribution in [0.5, 0.6) is 0 Å². The van der Waals surface area contributed by atoms with Gasteiger partial charge in [-0.05, 0) is 197 Å². The average molecular weight is 1520 g/mol. The summed E-state index contributed by atoms with van der Waals surface area (Å²) in [7, 11) is 0. The van der Waals surface area contributed by atoms with Crippen molar-refractivity contribution in [1.82, 2.24) is 13.5 Å². The Morgan fingerprint density at radius 1 is 0.220 bits per heavy atom. The lowest BCUT2D eigenvalue weighted by atomic mass is 9.33. The van der Waals surface area contributed by atoms with Crippen molar-refractivity contribution in [3.8, 4) is 67.0 Å². The van der Waals surface area contributed by atoms with Crippen LogP contribution in [0.25, 0.3) is 149 Å². The first-order valence-corrected chi connectivity index (χ1v) is 42.0. The van der Waals surface area contributed by atoms with Gasteiger partial charge in [-0.1, -0.05) is 320 Å². The minimum Gasteiger partial charge on any atom is -0.310 e. The summed E-state index contributed by atoms with van der Waals surface area (Å²) in [4.78, 5) is 5.46. The Hall–Kier alpha value is -13.4. The molecule has 118 heavy (non-hydrogen) atoms. The standard InChI is InChI=1S/C112H92BN5/c1-109(2,3)75-47-56-96-89(63-75)90-64-76(110(4,5)6)48-57-97(90)114(96)79-51-53-93-101(67-79)117(106-81(69-30-17-13-18-31-69)39-27-40-82(106)70-32-19-14-20-33-70)103-61-74(73-46-55-100-88(60-73)87-44-29-43-86-85-38-25-26-45-95(85)116(100)108(86)87)62-104-105(103)113(93)94-54-52-80(115-98-58-49-77(111(7,8)9)65-91(98)92-66-78(112(10,11)12)50-59-99(92)115)68-102(94)118(104)107-83(71-34-21-15-22-35-71)41-28-42-84(107)72-36-23-16-24-37-72/h13-68H,1-12H3. The van der Waals surface area contributed by atoms with Gasteiger partial charge in [-0.3, -0.25) is 0 Å². The largest absolute Gasteiger partial charge is 0.310 e. The minimum atomic E-state index is -0.298. The van der Waals surface area contributed by atoms with Crippen molar-refractivity contribution in [3.05, 3.63) is 362 Å². The zero-order chi connectivity index (χ0) is 80.2. The van der Waals surface area contributed by atoms with E-state index in [1.807, 2.05) is 0 Å². The number of hydrogen-bond donors (Lipinski definition) is 0. The predicted molar refractivity (Wildman–Crippen MR) is 506 cm³/mol. The van der Waals surface area contributed by atoms with Gasteiger partial charge >= 0.3 is 0 Å². The van der Waals surface area contributed by atoms with Crippen LogP contribution in [-0.2, 0) is 21.7 Å². The Labute approximate surface area is 691 Å². The molecule has 20 aromatic rings. The van der Waals surface area contributed by atoms with E-state index in [4.69, 9.17) is 0 Å². The summed E-state index contributed by atoms with van der Waals surface area (Å²) in [6, 6.07) is 131. The van der Waals surface area contributed by atoms with Crippen LogP contribution in [-0.4, -0.2) is 20.2 Å². The second-order valence-corrected chi connectivity index (χ2v) is 37.3. The number of nitrogens with zero attached hydrogens (tertiary/aromatic N) is 5. The number of aromatic nitrogens is 3. The van der Waals surface area contributed by atoms with E-state index >= 15 is 0 Å². The number of para-hydroxylation sites is 4. The molecule has 0 N–H and O–H groups in total. The van der Waals surface area contributed by atoms with Crippen molar-refractivity contribution in [2.75, 3.05) is 9.80 Å². The Balaban J connectivity index is 0.916. The van der Waals surface area contributed by atoms with Gasteiger partial charge in [0.1, 0.15) is 0 Å². The third kappa shape index (κ3) is 11.0. The van der Waals surface area contributed by atoms with Crippen molar-refractivity contribution in [2.24, 2.45) is 0 Å². The van der Waals surface area contributed by atoms with Crippen LogP contribution in [0.15, 0.2) is 340 Å². The van der Waals surface area contributed by atoms with Crippen LogP contribution in [0.1, 0.15) is 105 Å².